The van der Waals surface area contributed by atoms with E-state index in [1.807, 2.05) is 60.7 Å². The summed E-state index contributed by atoms with van der Waals surface area (Å²) in [5.74, 6) is 0. The predicted octanol–water partition coefficient (Wildman–Crippen LogP) is 6.13. The fourth-order valence-electron chi connectivity index (χ4n) is 4.79. The van der Waals surface area contributed by atoms with E-state index in [0.29, 0.717) is 21.5 Å². The zero-order valence-electron chi connectivity index (χ0n) is 19.2. The lowest BCUT2D eigenvalue weighted by Crippen LogP contribution is -2.26. The second kappa shape index (κ2) is 8.35. The quantitative estimate of drug-likeness (QED) is 0.0896. The highest BCUT2D eigenvalue weighted by Gasteiger charge is 2.45. The van der Waals surface area contributed by atoms with Crippen LogP contribution >= 0.6 is 0 Å². The maximum absolute atomic E-state index is 13.8. The van der Waals surface area contributed by atoms with E-state index in [-0.39, 0.29) is 9.79 Å². The van der Waals surface area contributed by atoms with Gasteiger partial charge in [-0.3, -0.25) is 0 Å². The predicted molar refractivity (Wildman–Crippen MR) is 146 cm³/mol. The van der Waals surface area contributed by atoms with E-state index in [4.69, 9.17) is 0 Å². The summed E-state index contributed by atoms with van der Waals surface area (Å²) in [7, 11) is -9.50. The summed E-state index contributed by atoms with van der Waals surface area (Å²) >= 11 is 0. The fraction of sp³-hybridized carbons (Fsp3) is 0. The SMILES string of the molecule is [N-]=[N+]=C(S(=O)(=O)c1cccc2cc3ccccc3cc12)S(=O)(=O)c1cccc2cc3ccccc3cc12. The molecule has 0 saturated heterocycles. The van der Waals surface area contributed by atoms with Crippen LogP contribution in [0.4, 0.5) is 0 Å². The molecule has 6 nitrogen and oxygen atoms in total. The topological polar surface area (TPSA) is 105 Å². The molecular weight excluding hydrogens is 504 g/mol. The Morgan fingerprint density at radius 2 is 0.838 bits per heavy atom. The third kappa shape index (κ3) is 3.62. The molecule has 0 heterocycles. The number of benzene rings is 6. The number of rotatable bonds is 2. The Kier molecular flexibility index (Phi) is 5.21. The number of fused-ring (bicyclic) bond motifs is 4. The van der Waals surface area contributed by atoms with Crippen LogP contribution in [0.5, 0.6) is 0 Å². The van der Waals surface area contributed by atoms with Gasteiger partial charge in [0.2, 0.25) is 0 Å². The Hall–Kier alpha value is -4.36. The summed E-state index contributed by atoms with van der Waals surface area (Å²) in [5, 5.41) is 5.32. The highest BCUT2D eigenvalue weighted by Crippen LogP contribution is 2.33. The van der Waals surface area contributed by atoms with Crippen molar-refractivity contribution in [2.45, 2.75) is 9.79 Å². The molecule has 180 valence electrons. The van der Waals surface area contributed by atoms with Gasteiger partial charge in [-0.25, -0.2) is 16.8 Å². The first-order valence-corrected chi connectivity index (χ1v) is 14.3. The summed E-state index contributed by atoms with van der Waals surface area (Å²) in [4.78, 5) is 2.36. The second-order valence-corrected chi connectivity index (χ2v) is 12.7. The molecule has 0 N–H and O–H groups in total. The van der Waals surface area contributed by atoms with Crippen LogP contribution in [0.15, 0.2) is 119 Å². The Labute approximate surface area is 212 Å². The first kappa shape index (κ1) is 23.1. The largest absolute Gasteiger partial charge is 0.504 e. The molecule has 6 rings (SSSR count). The van der Waals surface area contributed by atoms with Crippen LogP contribution in [0.3, 0.4) is 0 Å². The molecule has 6 aromatic carbocycles. The normalized spacial score (nSPS) is 12.2. The van der Waals surface area contributed by atoms with Crippen LogP contribution < -0.4 is 0 Å². The zero-order valence-corrected chi connectivity index (χ0v) is 20.9. The van der Waals surface area contributed by atoms with Gasteiger partial charge in [0.05, 0.1) is 9.79 Å². The van der Waals surface area contributed by atoms with Crippen molar-refractivity contribution in [2.75, 3.05) is 0 Å². The van der Waals surface area contributed by atoms with Crippen LogP contribution in [0.1, 0.15) is 0 Å². The molecule has 0 fully saturated rings. The van der Waals surface area contributed by atoms with Crippen molar-refractivity contribution < 1.29 is 21.6 Å². The van der Waals surface area contributed by atoms with Gasteiger partial charge in [-0.15, -0.1) is 4.79 Å². The summed E-state index contributed by atoms with van der Waals surface area (Å²) in [6.45, 7) is 0. The summed E-state index contributed by atoms with van der Waals surface area (Å²) in [5.41, 5.74) is 9.84. The summed E-state index contributed by atoms with van der Waals surface area (Å²) in [6, 6.07) is 31.2. The van der Waals surface area contributed by atoms with Gasteiger partial charge in [0.15, 0.2) is 0 Å². The molecule has 0 spiro atoms. The molecule has 0 unspecified atom stereocenters. The number of hydrogen-bond donors (Lipinski definition) is 0. The maximum atomic E-state index is 13.8. The second-order valence-electron chi connectivity index (χ2n) is 8.73. The fourth-order valence-corrected chi connectivity index (χ4v) is 8.52. The standard InChI is InChI=1S/C29H18N2O4S2/c30-31-29(36(32,33)27-13-5-11-23-15-19-7-1-3-9-21(19)17-25(23)27)37(34,35)28-14-6-12-24-16-20-8-2-4-10-22(20)18-26(24)28/h1-18H. The van der Waals surface area contributed by atoms with Crippen LogP contribution in [0.2, 0.25) is 0 Å². The monoisotopic (exact) mass is 522 g/mol. The van der Waals surface area contributed by atoms with Gasteiger partial charge in [-0.2, -0.15) is 0 Å². The van der Waals surface area contributed by atoms with Crippen molar-refractivity contribution >= 4 is 67.1 Å². The molecule has 0 radical (unpaired) electrons. The molecule has 0 atom stereocenters. The molecule has 0 amide bonds. The van der Waals surface area contributed by atoms with Gasteiger partial charge < -0.3 is 5.53 Å². The molecule has 0 saturated carbocycles. The number of hydrogen-bond acceptors (Lipinski definition) is 4. The molecule has 8 heteroatoms. The van der Waals surface area contributed by atoms with Crippen LogP contribution in [0.25, 0.3) is 48.6 Å². The van der Waals surface area contributed by atoms with Crippen molar-refractivity contribution in [3.8, 4) is 0 Å². The van der Waals surface area contributed by atoms with E-state index >= 15 is 0 Å². The molecule has 0 bridgehead atoms. The van der Waals surface area contributed by atoms with Crippen molar-refractivity contribution in [1.82, 2.24) is 0 Å². The lowest BCUT2D eigenvalue weighted by atomic mass is 10.0. The van der Waals surface area contributed by atoms with Crippen LogP contribution in [0, 0.1) is 0 Å². The minimum atomic E-state index is -4.75. The molecule has 0 aliphatic carbocycles. The van der Waals surface area contributed by atoms with E-state index < -0.39 is 24.1 Å². The molecule has 0 aliphatic heterocycles. The number of sulfone groups is 2. The van der Waals surface area contributed by atoms with Crippen molar-refractivity contribution in [3.05, 3.63) is 115 Å². The van der Waals surface area contributed by atoms with Gasteiger partial charge in [0.1, 0.15) is 0 Å². The summed E-state index contributed by atoms with van der Waals surface area (Å²) in [6.07, 6.45) is 0. The third-order valence-corrected chi connectivity index (χ3v) is 10.8. The first-order chi connectivity index (χ1) is 17.8. The molecule has 37 heavy (non-hydrogen) atoms. The van der Waals surface area contributed by atoms with Crippen LogP contribution in [-0.4, -0.2) is 26.0 Å². The van der Waals surface area contributed by atoms with Gasteiger partial charge in [-0.1, -0.05) is 72.8 Å². The average Bonchev–Trinajstić information content (AvgIpc) is 2.90. The van der Waals surface area contributed by atoms with E-state index in [1.54, 1.807) is 24.3 Å². The average molecular weight is 523 g/mol. The van der Waals surface area contributed by atoms with Gasteiger partial charge in [0.25, 0.3) is 19.7 Å². The number of nitrogens with zero attached hydrogens (tertiary/aromatic N) is 2. The van der Waals surface area contributed by atoms with Gasteiger partial charge in [-0.05, 0) is 68.7 Å². The highest BCUT2D eigenvalue weighted by atomic mass is 32.3. The minimum Gasteiger partial charge on any atom is -0.359 e. The maximum Gasteiger partial charge on any atom is 0.504 e. The Morgan fingerprint density at radius 1 is 0.486 bits per heavy atom. The Bertz CT molecular complexity index is 2030. The molecular formula is C29H18N2O4S2. The van der Waals surface area contributed by atoms with Crippen molar-refractivity contribution in [3.63, 3.8) is 0 Å². The third-order valence-electron chi connectivity index (χ3n) is 6.53. The van der Waals surface area contributed by atoms with Crippen LogP contribution in [-0.2, 0) is 19.7 Å². The Morgan fingerprint density at radius 3 is 1.22 bits per heavy atom. The zero-order chi connectivity index (χ0) is 25.8. The molecule has 0 aliphatic rings. The lowest BCUT2D eigenvalue weighted by Gasteiger charge is -2.10. The van der Waals surface area contributed by atoms with Crippen molar-refractivity contribution in [1.29, 1.82) is 0 Å². The van der Waals surface area contributed by atoms with Gasteiger partial charge >= 0.3 is 4.38 Å². The van der Waals surface area contributed by atoms with E-state index in [9.17, 15) is 22.4 Å². The molecule has 0 aromatic heterocycles. The molecule has 6 aromatic rings. The lowest BCUT2D eigenvalue weighted by molar-refractivity contribution is 0.00381. The van der Waals surface area contributed by atoms with Crippen molar-refractivity contribution in [2.24, 2.45) is 0 Å². The smallest absolute Gasteiger partial charge is 0.359 e. The van der Waals surface area contributed by atoms with E-state index in [2.05, 4.69) is 4.79 Å². The first-order valence-electron chi connectivity index (χ1n) is 11.4. The Balaban J connectivity index is 1.58. The highest BCUT2D eigenvalue weighted by molar-refractivity contribution is 8.31. The van der Waals surface area contributed by atoms with E-state index in [1.165, 1.54) is 24.3 Å². The minimum absolute atomic E-state index is 0.252. The van der Waals surface area contributed by atoms with Gasteiger partial charge in [0, 0.05) is 10.8 Å². The van der Waals surface area contributed by atoms with E-state index in [0.717, 1.165) is 21.5 Å². The summed E-state index contributed by atoms with van der Waals surface area (Å²) < 4.78 is 53.9.